The van der Waals surface area contributed by atoms with Gasteiger partial charge in [-0.2, -0.15) is 0 Å². The summed E-state index contributed by atoms with van der Waals surface area (Å²) in [5.74, 6) is 2.48. The Labute approximate surface area is 94.5 Å². The van der Waals surface area contributed by atoms with Gasteiger partial charge in [-0.15, -0.1) is 0 Å². The Morgan fingerprint density at radius 2 is 2.07 bits per heavy atom. The maximum Gasteiger partial charge on any atom is 0.0443 e. The third kappa shape index (κ3) is 4.12. The van der Waals surface area contributed by atoms with Gasteiger partial charge in [-0.25, -0.2) is 0 Å². The van der Waals surface area contributed by atoms with E-state index in [1.54, 1.807) is 0 Å². The molecule has 0 aromatic rings. The molecular weight excluding hydrogens is 186 g/mol. The van der Waals surface area contributed by atoms with E-state index < -0.39 is 0 Å². The summed E-state index contributed by atoms with van der Waals surface area (Å²) in [6.07, 6.45) is 4.96. The Balaban J connectivity index is 2.39. The first-order chi connectivity index (χ1) is 7.15. The molecule has 1 saturated carbocycles. The zero-order chi connectivity index (χ0) is 11.3. The predicted molar refractivity (Wildman–Crippen MR) is 64.8 cm³/mol. The lowest BCUT2D eigenvalue weighted by atomic mass is 9.74. The molecule has 3 atom stereocenters. The van der Waals surface area contributed by atoms with Crippen molar-refractivity contribution in [1.29, 1.82) is 0 Å². The second-order valence-corrected chi connectivity index (χ2v) is 5.46. The fourth-order valence-corrected chi connectivity index (χ4v) is 2.80. The van der Waals surface area contributed by atoms with Gasteiger partial charge in [-0.3, -0.25) is 0 Å². The third-order valence-corrected chi connectivity index (χ3v) is 3.76. The molecule has 1 aliphatic rings. The normalized spacial score (nSPS) is 32.2. The van der Waals surface area contributed by atoms with Gasteiger partial charge in [0, 0.05) is 12.6 Å². The van der Waals surface area contributed by atoms with E-state index in [-0.39, 0.29) is 0 Å². The number of aliphatic hydroxyl groups excluding tert-OH is 1. The molecule has 0 aromatic carbocycles. The maximum atomic E-state index is 8.78. The molecule has 0 radical (unpaired) electrons. The summed E-state index contributed by atoms with van der Waals surface area (Å²) in [7, 11) is 0. The average molecular weight is 213 g/mol. The molecule has 0 aromatic heterocycles. The van der Waals surface area contributed by atoms with Crippen LogP contribution in [0.4, 0.5) is 0 Å². The summed E-state index contributed by atoms with van der Waals surface area (Å²) in [6, 6.07) is 0.681. The van der Waals surface area contributed by atoms with Gasteiger partial charge >= 0.3 is 0 Å². The van der Waals surface area contributed by atoms with Crippen molar-refractivity contribution in [2.45, 2.75) is 52.5 Å². The van der Waals surface area contributed by atoms with Gasteiger partial charge in [-0.1, -0.05) is 27.2 Å². The van der Waals surface area contributed by atoms with Crippen LogP contribution in [0.15, 0.2) is 0 Å². The summed E-state index contributed by atoms with van der Waals surface area (Å²) in [5.41, 5.74) is 0. The molecule has 1 rings (SSSR count). The minimum absolute atomic E-state index is 0.307. The van der Waals surface area contributed by atoms with Crippen LogP contribution in [0, 0.1) is 17.8 Å². The molecule has 1 aliphatic carbocycles. The van der Waals surface area contributed by atoms with Crippen molar-refractivity contribution in [3.8, 4) is 0 Å². The number of rotatable bonds is 5. The summed E-state index contributed by atoms with van der Waals surface area (Å²) >= 11 is 0. The largest absolute Gasteiger partial charge is 0.396 e. The lowest BCUT2D eigenvalue weighted by Gasteiger charge is -2.38. The second kappa shape index (κ2) is 6.49. The van der Waals surface area contributed by atoms with Gasteiger partial charge in [-0.05, 0) is 43.6 Å². The summed E-state index contributed by atoms with van der Waals surface area (Å²) < 4.78 is 0. The Bertz CT molecular complexity index is 170. The highest BCUT2D eigenvalue weighted by atomic mass is 16.3. The molecule has 0 aliphatic heterocycles. The summed E-state index contributed by atoms with van der Waals surface area (Å²) in [6.45, 7) is 8.30. The summed E-state index contributed by atoms with van der Waals surface area (Å²) in [5, 5.41) is 12.4. The lowest BCUT2D eigenvalue weighted by Crippen LogP contribution is -2.43. The molecule has 0 amide bonds. The highest BCUT2D eigenvalue weighted by Gasteiger charge is 2.29. The van der Waals surface area contributed by atoms with Crippen LogP contribution in [0.5, 0.6) is 0 Å². The zero-order valence-electron chi connectivity index (χ0n) is 10.5. The highest BCUT2D eigenvalue weighted by molar-refractivity contribution is 4.85. The SMILES string of the molecule is CC(C)[C@H]1CC[C@H](C)C[C@H]1NCCCO. The van der Waals surface area contributed by atoms with E-state index in [4.69, 9.17) is 5.11 Å². The lowest BCUT2D eigenvalue weighted by molar-refractivity contribution is 0.167. The Morgan fingerprint density at radius 3 is 2.67 bits per heavy atom. The molecule has 2 heteroatoms. The maximum absolute atomic E-state index is 8.78. The van der Waals surface area contributed by atoms with Crippen molar-refractivity contribution in [3.05, 3.63) is 0 Å². The molecule has 0 heterocycles. The second-order valence-electron chi connectivity index (χ2n) is 5.46. The van der Waals surface area contributed by atoms with Crippen LogP contribution in [-0.2, 0) is 0 Å². The van der Waals surface area contributed by atoms with Crippen molar-refractivity contribution in [2.24, 2.45) is 17.8 Å². The topological polar surface area (TPSA) is 32.3 Å². The van der Waals surface area contributed by atoms with E-state index in [0.29, 0.717) is 12.6 Å². The van der Waals surface area contributed by atoms with Crippen molar-refractivity contribution in [1.82, 2.24) is 5.32 Å². The van der Waals surface area contributed by atoms with Crippen molar-refractivity contribution in [3.63, 3.8) is 0 Å². The number of aliphatic hydroxyl groups is 1. The first kappa shape index (κ1) is 13.0. The van der Waals surface area contributed by atoms with E-state index in [9.17, 15) is 0 Å². The van der Waals surface area contributed by atoms with Crippen molar-refractivity contribution >= 4 is 0 Å². The Kier molecular flexibility index (Phi) is 5.62. The quantitative estimate of drug-likeness (QED) is 0.687. The highest BCUT2D eigenvalue weighted by Crippen LogP contribution is 2.33. The molecule has 0 bridgehead atoms. The molecule has 0 spiro atoms. The van der Waals surface area contributed by atoms with Gasteiger partial charge in [0.1, 0.15) is 0 Å². The Hall–Kier alpha value is -0.0800. The van der Waals surface area contributed by atoms with Gasteiger partial charge in [0.25, 0.3) is 0 Å². The predicted octanol–water partition coefficient (Wildman–Crippen LogP) is 2.42. The van der Waals surface area contributed by atoms with Gasteiger partial charge < -0.3 is 10.4 Å². The number of nitrogens with one attached hydrogen (secondary N) is 1. The summed E-state index contributed by atoms with van der Waals surface area (Å²) in [4.78, 5) is 0. The molecule has 0 saturated heterocycles. The minimum Gasteiger partial charge on any atom is -0.396 e. The van der Waals surface area contributed by atoms with E-state index in [1.807, 2.05) is 0 Å². The van der Waals surface area contributed by atoms with Gasteiger partial charge in [0.05, 0.1) is 0 Å². The number of hydrogen-bond donors (Lipinski definition) is 2. The molecule has 15 heavy (non-hydrogen) atoms. The standard InChI is InChI=1S/C13H27NO/c1-10(2)12-6-5-11(3)9-13(12)14-7-4-8-15/h10-15H,4-9H2,1-3H3/t11-,12+,13+/m0/s1. The average Bonchev–Trinajstić information content (AvgIpc) is 2.18. The molecule has 1 fully saturated rings. The van der Waals surface area contributed by atoms with Crippen LogP contribution in [-0.4, -0.2) is 24.3 Å². The smallest absolute Gasteiger partial charge is 0.0443 e. The van der Waals surface area contributed by atoms with Gasteiger partial charge in [0.15, 0.2) is 0 Å². The van der Waals surface area contributed by atoms with Gasteiger partial charge in [0.2, 0.25) is 0 Å². The zero-order valence-corrected chi connectivity index (χ0v) is 10.5. The minimum atomic E-state index is 0.307. The molecule has 90 valence electrons. The monoisotopic (exact) mass is 213 g/mol. The third-order valence-electron chi connectivity index (χ3n) is 3.76. The van der Waals surface area contributed by atoms with Crippen LogP contribution in [0.1, 0.15) is 46.5 Å². The van der Waals surface area contributed by atoms with Crippen LogP contribution >= 0.6 is 0 Å². The molecule has 2 nitrogen and oxygen atoms in total. The van der Waals surface area contributed by atoms with Crippen LogP contribution in [0.25, 0.3) is 0 Å². The Morgan fingerprint density at radius 1 is 1.33 bits per heavy atom. The fourth-order valence-electron chi connectivity index (χ4n) is 2.80. The molecular formula is C13H27NO. The first-order valence-electron chi connectivity index (χ1n) is 6.49. The molecule has 2 N–H and O–H groups in total. The number of hydrogen-bond acceptors (Lipinski definition) is 2. The fraction of sp³-hybridized carbons (Fsp3) is 1.00. The van der Waals surface area contributed by atoms with E-state index >= 15 is 0 Å². The first-order valence-corrected chi connectivity index (χ1v) is 6.49. The molecule has 0 unspecified atom stereocenters. The van der Waals surface area contributed by atoms with Crippen molar-refractivity contribution in [2.75, 3.05) is 13.2 Å². The van der Waals surface area contributed by atoms with Crippen molar-refractivity contribution < 1.29 is 5.11 Å². The van der Waals surface area contributed by atoms with Crippen LogP contribution in [0.2, 0.25) is 0 Å². The van der Waals surface area contributed by atoms with E-state index in [2.05, 4.69) is 26.1 Å². The van der Waals surface area contributed by atoms with E-state index in [1.165, 1.54) is 19.3 Å². The van der Waals surface area contributed by atoms with Crippen LogP contribution < -0.4 is 5.32 Å². The van der Waals surface area contributed by atoms with E-state index in [0.717, 1.165) is 30.7 Å². The van der Waals surface area contributed by atoms with Crippen LogP contribution in [0.3, 0.4) is 0 Å².